The first-order valence-corrected chi connectivity index (χ1v) is 9.31. The molecule has 0 unspecified atom stereocenters. The van der Waals surface area contributed by atoms with Crippen LogP contribution in [0, 0.1) is 20.8 Å². The highest BCUT2D eigenvalue weighted by Crippen LogP contribution is 2.23. The Morgan fingerprint density at radius 2 is 1.78 bits per heavy atom. The first kappa shape index (κ1) is 19.3. The molecule has 1 heterocycles. The molecule has 0 radical (unpaired) electrons. The lowest BCUT2D eigenvalue weighted by atomic mass is 10.1. The van der Waals surface area contributed by atoms with Crippen LogP contribution in [0.25, 0.3) is 10.9 Å². The summed E-state index contributed by atoms with van der Waals surface area (Å²) in [6.45, 7) is 6.91. The zero-order valence-electron chi connectivity index (χ0n) is 16.1. The predicted octanol–water partition coefficient (Wildman–Crippen LogP) is 4.88. The molecule has 27 heavy (non-hydrogen) atoms. The second-order valence-electron chi connectivity index (χ2n) is 7.13. The first-order chi connectivity index (χ1) is 12.8. The summed E-state index contributed by atoms with van der Waals surface area (Å²) in [5.74, 6) is -0.0441. The number of benzene rings is 2. The zero-order chi connectivity index (χ0) is 19.6. The van der Waals surface area contributed by atoms with E-state index in [1.807, 2.05) is 56.1 Å². The highest BCUT2D eigenvalue weighted by molar-refractivity contribution is 6.30. The number of hydrogen-bond acceptors (Lipinski definition) is 3. The van der Waals surface area contributed by atoms with E-state index < -0.39 is 0 Å². The van der Waals surface area contributed by atoms with Gasteiger partial charge < -0.3 is 5.32 Å². The van der Waals surface area contributed by atoms with Gasteiger partial charge >= 0.3 is 0 Å². The lowest BCUT2D eigenvalue weighted by Gasteiger charge is -2.19. The topological polar surface area (TPSA) is 45.2 Å². The molecule has 0 saturated carbocycles. The second kappa shape index (κ2) is 8.07. The van der Waals surface area contributed by atoms with Gasteiger partial charge in [-0.25, -0.2) is 4.98 Å². The highest BCUT2D eigenvalue weighted by Gasteiger charge is 2.13. The van der Waals surface area contributed by atoms with Crippen molar-refractivity contribution in [2.75, 3.05) is 18.9 Å². The molecule has 3 rings (SSSR count). The van der Waals surface area contributed by atoms with Gasteiger partial charge in [0.2, 0.25) is 5.91 Å². The molecule has 0 atom stereocenters. The Labute approximate surface area is 165 Å². The van der Waals surface area contributed by atoms with Crippen LogP contribution >= 0.6 is 11.6 Å². The Morgan fingerprint density at radius 3 is 2.48 bits per heavy atom. The monoisotopic (exact) mass is 381 g/mol. The molecular weight excluding hydrogens is 358 g/mol. The Hall–Kier alpha value is -2.43. The van der Waals surface area contributed by atoms with Crippen molar-refractivity contribution in [2.24, 2.45) is 0 Å². The number of halogens is 1. The molecular formula is C22H24ClN3O. The van der Waals surface area contributed by atoms with Gasteiger partial charge in [-0.05, 0) is 51.1 Å². The molecule has 0 bridgehead atoms. The fourth-order valence-corrected chi connectivity index (χ4v) is 3.60. The number of aryl methyl sites for hydroxylation is 3. The van der Waals surface area contributed by atoms with Crippen molar-refractivity contribution in [3.8, 4) is 0 Å². The Bertz CT molecular complexity index is 977. The van der Waals surface area contributed by atoms with Crippen LogP contribution in [0.2, 0.25) is 5.15 Å². The van der Waals surface area contributed by atoms with Crippen molar-refractivity contribution in [1.82, 2.24) is 9.88 Å². The third kappa shape index (κ3) is 4.65. The molecule has 140 valence electrons. The molecule has 0 fully saturated rings. The molecule has 0 aliphatic carbocycles. The number of para-hydroxylation sites is 1. The number of rotatable bonds is 5. The largest absolute Gasteiger partial charge is 0.324 e. The average Bonchev–Trinajstić information content (AvgIpc) is 2.58. The van der Waals surface area contributed by atoms with E-state index in [1.54, 1.807) is 0 Å². The van der Waals surface area contributed by atoms with Crippen LogP contribution in [-0.4, -0.2) is 29.4 Å². The van der Waals surface area contributed by atoms with Gasteiger partial charge in [-0.2, -0.15) is 0 Å². The molecule has 0 aliphatic rings. The van der Waals surface area contributed by atoms with Gasteiger partial charge in [0.05, 0.1) is 12.1 Å². The van der Waals surface area contributed by atoms with E-state index in [9.17, 15) is 4.79 Å². The number of amides is 1. The summed E-state index contributed by atoms with van der Waals surface area (Å²) >= 11 is 6.33. The number of hydrogen-bond donors (Lipinski definition) is 1. The third-order valence-electron chi connectivity index (χ3n) is 4.55. The maximum atomic E-state index is 12.5. The smallest absolute Gasteiger partial charge is 0.238 e. The van der Waals surface area contributed by atoms with E-state index in [4.69, 9.17) is 11.6 Å². The number of nitrogens with one attached hydrogen (secondary N) is 1. The second-order valence-corrected chi connectivity index (χ2v) is 7.48. The molecule has 0 saturated heterocycles. The number of likely N-dealkylation sites (N-methyl/N-ethyl adjacent to an activating group) is 1. The van der Waals surface area contributed by atoms with Crippen molar-refractivity contribution in [1.29, 1.82) is 0 Å². The van der Waals surface area contributed by atoms with E-state index in [-0.39, 0.29) is 12.5 Å². The van der Waals surface area contributed by atoms with Crippen LogP contribution in [0.1, 0.15) is 22.3 Å². The standard InChI is InChI=1S/C22H24ClN3O/c1-14-9-15(2)21(16(3)10-14)25-20(27)13-26(4)12-18-11-17-7-5-6-8-19(17)24-22(18)23/h5-11H,12-13H2,1-4H3,(H,25,27). The summed E-state index contributed by atoms with van der Waals surface area (Å²) in [6.07, 6.45) is 0. The highest BCUT2D eigenvalue weighted by atomic mass is 35.5. The fourth-order valence-electron chi connectivity index (χ4n) is 3.40. The summed E-state index contributed by atoms with van der Waals surface area (Å²) in [5, 5.41) is 4.56. The van der Waals surface area contributed by atoms with Gasteiger partial charge in [-0.3, -0.25) is 9.69 Å². The number of carbonyl (C=O) groups is 1. The van der Waals surface area contributed by atoms with Crippen molar-refractivity contribution in [3.05, 3.63) is 69.9 Å². The molecule has 5 heteroatoms. The van der Waals surface area contributed by atoms with E-state index >= 15 is 0 Å². The number of carbonyl (C=O) groups excluding carboxylic acids is 1. The summed E-state index contributed by atoms with van der Waals surface area (Å²) in [4.78, 5) is 18.9. The lowest BCUT2D eigenvalue weighted by molar-refractivity contribution is -0.117. The van der Waals surface area contributed by atoms with Crippen molar-refractivity contribution in [3.63, 3.8) is 0 Å². The SMILES string of the molecule is Cc1cc(C)c(NC(=O)CN(C)Cc2cc3ccccc3nc2Cl)c(C)c1. The molecule has 0 spiro atoms. The normalized spacial score (nSPS) is 11.2. The average molecular weight is 382 g/mol. The molecule has 0 aliphatic heterocycles. The molecule has 1 N–H and O–H groups in total. The van der Waals surface area contributed by atoms with Crippen LogP contribution in [0.4, 0.5) is 5.69 Å². The number of fused-ring (bicyclic) bond motifs is 1. The van der Waals surface area contributed by atoms with Crippen LogP contribution in [-0.2, 0) is 11.3 Å². The van der Waals surface area contributed by atoms with Crippen LogP contribution in [0.3, 0.4) is 0 Å². The quantitative estimate of drug-likeness (QED) is 0.640. The van der Waals surface area contributed by atoms with Crippen LogP contribution in [0.15, 0.2) is 42.5 Å². The summed E-state index contributed by atoms with van der Waals surface area (Å²) in [7, 11) is 1.90. The maximum absolute atomic E-state index is 12.5. The number of aromatic nitrogens is 1. The van der Waals surface area contributed by atoms with E-state index in [1.165, 1.54) is 5.56 Å². The van der Waals surface area contributed by atoms with Crippen molar-refractivity contribution < 1.29 is 4.79 Å². The van der Waals surface area contributed by atoms with Gasteiger partial charge in [-0.15, -0.1) is 0 Å². The van der Waals surface area contributed by atoms with Gasteiger partial charge in [0.15, 0.2) is 0 Å². The van der Waals surface area contributed by atoms with Crippen molar-refractivity contribution in [2.45, 2.75) is 27.3 Å². The maximum Gasteiger partial charge on any atom is 0.238 e. The molecule has 2 aromatic carbocycles. The van der Waals surface area contributed by atoms with Gasteiger partial charge in [0.25, 0.3) is 0 Å². The minimum atomic E-state index is -0.0441. The molecule has 1 amide bonds. The molecule has 1 aromatic heterocycles. The number of anilines is 1. The molecule has 3 aromatic rings. The fraction of sp³-hybridized carbons (Fsp3) is 0.273. The third-order valence-corrected chi connectivity index (χ3v) is 4.87. The Balaban J connectivity index is 1.68. The lowest BCUT2D eigenvalue weighted by Crippen LogP contribution is -2.30. The van der Waals surface area contributed by atoms with Crippen molar-refractivity contribution >= 4 is 34.1 Å². The van der Waals surface area contributed by atoms with E-state index in [2.05, 4.69) is 29.4 Å². The number of nitrogens with zero attached hydrogens (tertiary/aromatic N) is 2. The Kier molecular flexibility index (Phi) is 5.78. The van der Waals surface area contributed by atoms with Gasteiger partial charge in [0, 0.05) is 23.2 Å². The van der Waals surface area contributed by atoms with Gasteiger partial charge in [-0.1, -0.05) is 47.5 Å². The van der Waals surface area contributed by atoms with Crippen LogP contribution < -0.4 is 5.32 Å². The number of pyridine rings is 1. The van der Waals surface area contributed by atoms with E-state index in [0.29, 0.717) is 11.7 Å². The summed E-state index contributed by atoms with van der Waals surface area (Å²) in [5.41, 5.74) is 6.02. The zero-order valence-corrected chi connectivity index (χ0v) is 16.9. The Morgan fingerprint density at radius 1 is 1.11 bits per heavy atom. The summed E-state index contributed by atoms with van der Waals surface area (Å²) < 4.78 is 0. The van der Waals surface area contributed by atoms with E-state index in [0.717, 1.165) is 33.3 Å². The molecule has 4 nitrogen and oxygen atoms in total. The minimum Gasteiger partial charge on any atom is -0.324 e. The minimum absolute atomic E-state index is 0.0441. The van der Waals surface area contributed by atoms with Crippen LogP contribution in [0.5, 0.6) is 0 Å². The summed E-state index contributed by atoms with van der Waals surface area (Å²) in [6, 6.07) is 14.1. The first-order valence-electron chi connectivity index (χ1n) is 8.94. The predicted molar refractivity (Wildman–Crippen MR) is 112 cm³/mol. The van der Waals surface area contributed by atoms with Gasteiger partial charge in [0.1, 0.15) is 5.15 Å².